The van der Waals surface area contributed by atoms with Crippen molar-refractivity contribution in [2.75, 3.05) is 26.4 Å². The van der Waals surface area contributed by atoms with Gasteiger partial charge in [0.05, 0.1) is 0 Å². The minimum atomic E-state index is 0.537. The van der Waals surface area contributed by atoms with E-state index in [1.165, 1.54) is 0 Å². The lowest BCUT2D eigenvalue weighted by Crippen LogP contribution is -2.01. The quantitative estimate of drug-likeness (QED) is 0.396. The third-order valence-corrected chi connectivity index (χ3v) is 2.41. The summed E-state index contributed by atoms with van der Waals surface area (Å²) in [6.07, 6.45) is 9.55. The summed E-state index contributed by atoms with van der Waals surface area (Å²) in [5, 5.41) is 0. The molecule has 0 saturated heterocycles. The molecule has 1 unspecified atom stereocenters. The molecule has 0 aromatic carbocycles. The molecule has 0 bridgehead atoms. The summed E-state index contributed by atoms with van der Waals surface area (Å²) in [5.41, 5.74) is 0. The number of allylic oxidation sites excluding steroid dienone is 2. The van der Waals surface area contributed by atoms with Gasteiger partial charge in [0.2, 0.25) is 0 Å². The second kappa shape index (κ2) is 12.5. The molecule has 0 aliphatic rings. The molecule has 0 radical (unpaired) electrons. The first kappa shape index (κ1) is 15.4. The number of hydrogen-bond donors (Lipinski definition) is 0. The highest BCUT2D eigenvalue weighted by Crippen LogP contribution is 2.10. The van der Waals surface area contributed by atoms with Crippen molar-refractivity contribution in [1.82, 2.24) is 0 Å². The first-order chi connectivity index (χ1) is 7.85. The largest absolute Gasteiger partial charge is 0.382 e. The van der Waals surface area contributed by atoms with Crippen molar-refractivity contribution in [3.05, 3.63) is 24.8 Å². The first-order valence-corrected chi connectivity index (χ1v) is 6.28. The lowest BCUT2D eigenvalue weighted by molar-refractivity contribution is 0.137. The van der Waals surface area contributed by atoms with Crippen molar-refractivity contribution in [3.63, 3.8) is 0 Å². The van der Waals surface area contributed by atoms with E-state index in [1.54, 1.807) is 0 Å². The van der Waals surface area contributed by atoms with Gasteiger partial charge in [0.1, 0.15) is 0 Å². The van der Waals surface area contributed by atoms with Crippen molar-refractivity contribution < 1.29 is 9.47 Å². The Morgan fingerprint density at radius 3 is 2.38 bits per heavy atom. The maximum absolute atomic E-state index is 5.33. The van der Waals surface area contributed by atoms with Crippen LogP contribution in [0, 0.1) is 5.92 Å². The van der Waals surface area contributed by atoms with E-state index in [0.29, 0.717) is 5.92 Å². The van der Waals surface area contributed by atoms with Crippen LogP contribution in [0.4, 0.5) is 0 Å². The summed E-state index contributed by atoms with van der Waals surface area (Å²) < 4.78 is 10.6. The molecule has 0 amide bonds. The summed E-state index contributed by atoms with van der Waals surface area (Å²) >= 11 is 0. The third-order valence-electron chi connectivity index (χ3n) is 2.41. The van der Waals surface area contributed by atoms with E-state index in [1.807, 2.05) is 19.9 Å². The zero-order valence-electron chi connectivity index (χ0n) is 10.8. The fourth-order valence-corrected chi connectivity index (χ4v) is 1.40. The summed E-state index contributed by atoms with van der Waals surface area (Å²) in [6.45, 7) is 11.2. The third kappa shape index (κ3) is 9.94. The van der Waals surface area contributed by atoms with Gasteiger partial charge in [-0.1, -0.05) is 18.2 Å². The van der Waals surface area contributed by atoms with Crippen molar-refractivity contribution >= 4 is 0 Å². The van der Waals surface area contributed by atoms with Gasteiger partial charge in [-0.05, 0) is 39.0 Å². The van der Waals surface area contributed by atoms with Crippen LogP contribution in [-0.4, -0.2) is 26.4 Å². The zero-order chi connectivity index (χ0) is 12.1. The highest BCUT2D eigenvalue weighted by atomic mass is 16.5. The standard InChI is InChI=1S/C14H26O2/c1-4-14(11-13-16-6-3)10-8-7-9-12-15-5-2/h4,7-8,14H,1,5-6,9-13H2,2-3H3/b8-7+. The molecule has 0 aliphatic carbocycles. The van der Waals surface area contributed by atoms with E-state index < -0.39 is 0 Å². The molecule has 0 saturated carbocycles. The van der Waals surface area contributed by atoms with Crippen LogP contribution in [-0.2, 0) is 9.47 Å². The summed E-state index contributed by atoms with van der Waals surface area (Å²) in [6, 6.07) is 0. The van der Waals surface area contributed by atoms with Crippen molar-refractivity contribution in [2.45, 2.75) is 33.1 Å². The van der Waals surface area contributed by atoms with Crippen LogP contribution in [0.1, 0.15) is 33.1 Å². The highest BCUT2D eigenvalue weighted by Gasteiger charge is 2.00. The summed E-state index contributed by atoms with van der Waals surface area (Å²) in [4.78, 5) is 0. The minimum absolute atomic E-state index is 0.537. The molecule has 0 heterocycles. The fraction of sp³-hybridized carbons (Fsp3) is 0.714. The average molecular weight is 226 g/mol. The Bertz CT molecular complexity index is 176. The van der Waals surface area contributed by atoms with Crippen molar-refractivity contribution in [1.29, 1.82) is 0 Å². The van der Waals surface area contributed by atoms with Gasteiger partial charge in [-0.25, -0.2) is 0 Å². The second-order valence-electron chi connectivity index (χ2n) is 3.67. The highest BCUT2D eigenvalue weighted by molar-refractivity contribution is 4.89. The zero-order valence-corrected chi connectivity index (χ0v) is 10.8. The van der Waals surface area contributed by atoms with E-state index in [-0.39, 0.29) is 0 Å². The van der Waals surface area contributed by atoms with Gasteiger partial charge in [-0.2, -0.15) is 0 Å². The summed E-state index contributed by atoms with van der Waals surface area (Å²) in [5.74, 6) is 0.537. The van der Waals surface area contributed by atoms with Crippen LogP contribution in [0.25, 0.3) is 0 Å². The van der Waals surface area contributed by atoms with Gasteiger partial charge in [0.25, 0.3) is 0 Å². The van der Waals surface area contributed by atoms with E-state index in [0.717, 1.165) is 45.7 Å². The van der Waals surface area contributed by atoms with Crippen LogP contribution < -0.4 is 0 Å². The first-order valence-electron chi connectivity index (χ1n) is 6.28. The molecule has 2 nitrogen and oxygen atoms in total. The van der Waals surface area contributed by atoms with Gasteiger partial charge < -0.3 is 9.47 Å². The Labute approximate surface area is 100 Å². The molecule has 2 heteroatoms. The number of rotatable bonds is 11. The van der Waals surface area contributed by atoms with Crippen molar-refractivity contribution in [2.24, 2.45) is 5.92 Å². The van der Waals surface area contributed by atoms with Crippen LogP contribution in [0.15, 0.2) is 24.8 Å². The SMILES string of the molecule is C=CC(C/C=C/CCOCC)CCOCC. The molecule has 0 fully saturated rings. The molecular weight excluding hydrogens is 200 g/mol. The Morgan fingerprint density at radius 1 is 1.06 bits per heavy atom. The van der Waals surface area contributed by atoms with Crippen LogP contribution >= 0.6 is 0 Å². The Hall–Kier alpha value is -0.600. The lowest BCUT2D eigenvalue weighted by Gasteiger charge is -2.09. The predicted molar refractivity (Wildman–Crippen MR) is 69.7 cm³/mol. The fourth-order valence-electron chi connectivity index (χ4n) is 1.40. The molecular formula is C14H26O2. The normalized spacial score (nSPS) is 13.1. The maximum atomic E-state index is 5.33. The van der Waals surface area contributed by atoms with Gasteiger partial charge in [0, 0.05) is 26.4 Å². The average Bonchev–Trinajstić information content (AvgIpc) is 2.31. The molecule has 0 rings (SSSR count). The predicted octanol–water partition coefficient (Wildman–Crippen LogP) is 3.59. The topological polar surface area (TPSA) is 18.5 Å². The molecule has 0 aromatic rings. The molecule has 1 atom stereocenters. The van der Waals surface area contributed by atoms with E-state index in [4.69, 9.17) is 9.47 Å². The maximum Gasteiger partial charge on any atom is 0.0500 e. The molecule has 0 aliphatic heterocycles. The minimum Gasteiger partial charge on any atom is -0.382 e. The van der Waals surface area contributed by atoms with Crippen LogP contribution in [0.2, 0.25) is 0 Å². The van der Waals surface area contributed by atoms with Gasteiger partial charge in [-0.3, -0.25) is 0 Å². The van der Waals surface area contributed by atoms with E-state index in [9.17, 15) is 0 Å². The Kier molecular flexibility index (Phi) is 12.0. The van der Waals surface area contributed by atoms with Gasteiger partial charge in [-0.15, -0.1) is 6.58 Å². The van der Waals surface area contributed by atoms with Crippen molar-refractivity contribution in [3.8, 4) is 0 Å². The monoisotopic (exact) mass is 226 g/mol. The molecule has 0 aromatic heterocycles. The lowest BCUT2D eigenvalue weighted by atomic mass is 10.0. The van der Waals surface area contributed by atoms with Crippen LogP contribution in [0.3, 0.4) is 0 Å². The molecule has 94 valence electrons. The molecule has 0 spiro atoms. The van der Waals surface area contributed by atoms with Gasteiger partial charge >= 0.3 is 0 Å². The Balaban J connectivity index is 3.49. The molecule has 0 N–H and O–H groups in total. The van der Waals surface area contributed by atoms with E-state index >= 15 is 0 Å². The number of ether oxygens (including phenoxy) is 2. The second-order valence-corrected chi connectivity index (χ2v) is 3.67. The van der Waals surface area contributed by atoms with Gasteiger partial charge in [0.15, 0.2) is 0 Å². The van der Waals surface area contributed by atoms with Crippen LogP contribution in [0.5, 0.6) is 0 Å². The van der Waals surface area contributed by atoms with E-state index in [2.05, 4.69) is 18.7 Å². The molecule has 16 heavy (non-hydrogen) atoms. The summed E-state index contributed by atoms with van der Waals surface area (Å²) in [7, 11) is 0. The number of hydrogen-bond acceptors (Lipinski definition) is 2. The smallest absolute Gasteiger partial charge is 0.0500 e. The Morgan fingerprint density at radius 2 is 1.75 bits per heavy atom.